The Hall–Kier alpha value is -3.15. The normalized spacial score (nSPS) is 13.5. The van der Waals surface area contributed by atoms with Crippen molar-refractivity contribution in [3.63, 3.8) is 0 Å². The number of fused-ring (bicyclic) bond motifs is 1. The summed E-state index contributed by atoms with van der Waals surface area (Å²) in [6, 6.07) is 13.9. The van der Waals surface area contributed by atoms with E-state index in [1.807, 2.05) is 37.3 Å². The number of carbonyl (C=O) groups excluding carboxylic acids is 1. The predicted octanol–water partition coefficient (Wildman–Crippen LogP) is 3.33. The molecule has 0 atom stereocenters. The van der Waals surface area contributed by atoms with Gasteiger partial charge >= 0.3 is 6.03 Å². The number of hydrogen-bond donors (Lipinski definition) is 2. The van der Waals surface area contributed by atoms with Crippen molar-refractivity contribution in [2.75, 3.05) is 5.32 Å². The highest BCUT2D eigenvalue weighted by atomic mass is 16.4. The Morgan fingerprint density at radius 1 is 1.16 bits per heavy atom. The number of nitrogens with zero attached hydrogens (tertiary/aromatic N) is 2. The number of carbonyl (C=O) groups is 1. The van der Waals surface area contributed by atoms with Crippen molar-refractivity contribution in [3.05, 3.63) is 65.5 Å². The van der Waals surface area contributed by atoms with Gasteiger partial charge in [0.25, 0.3) is 0 Å². The molecule has 0 radical (unpaired) electrons. The highest BCUT2D eigenvalue weighted by Gasteiger charge is 2.22. The predicted molar refractivity (Wildman–Crippen MR) is 94.3 cm³/mol. The smallest absolute Gasteiger partial charge is 0.319 e. The molecule has 1 aromatic heterocycles. The van der Waals surface area contributed by atoms with Crippen molar-refractivity contribution in [2.45, 2.75) is 25.8 Å². The molecular formula is C19H18N4O2. The number of aromatic nitrogens is 2. The van der Waals surface area contributed by atoms with Crippen LogP contribution in [0.25, 0.3) is 11.5 Å². The maximum absolute atomic E-state index is 12.4. The molecule has 3 aromatic rings. The molecule has 0 aliphatic heterocycles. The molecule has 0 saturated heterocycles. The fraction of sp³-hybridized carbons (Fsp3) is 0.211. The largest absolute Gasteiger partial charge is 0.423 e. The van der Waals surface area contributed by atoms with Crippen LogP contribution in [0.1, 0.15) is 16.7 Å². The van der Waals surface area contributed by atoms with Crippen LogP contribution in [0.4, 0.5) is 10.5 Å². The van der Waals surface area contributed by atoms with Gasteiger partial charge in [0, 0.05) is 17.3 Å². The van der Waals surface area contributed by atoms with Gasteiger partial charge in [-0.1, -0.05) is 30.3 Å². The van der Waals surface area contributed by atoms with E-state index in [1.54, 1.807) is 0 Å². The highest BCUT2D eigenvalue weighted by molar-refractivity contribution is 5.91. The van der Waals surface area contributed by atoms with Gasteiger partial charge in [0.1, 0.15) is 0 Å². The summed E-state index contributed by atoms with van der Waals surface area (Å²) in [5.41, 5.74) is 5.08. The van der Waals surface area contributed by atoms with E-state index >= 15 is 0 Å². The Morgan fingerprint density at radius 2 is 1.92 bits per heavy atom. The Labute approximate surface area is 145 Å². The van der Waals surface area contributed by atoms with Gasteiger partial charge in [0.05, 0.1) is 0 Å². The highest BCUT2D eigenvalue weighted by Crippen LogP contribution is 2.24. The number of nitrogens with one attached hydrogen (secondary N) is 2. The molecule has 25 heavy (non-hydrogen) atoms. The molecule has 4 rings (SSSR count). The molecular weight excluding hydrogens is 316 g/mol. The number of hydrogen-bond acceptors (Lipinski definition) is 4. The second-order valence-corrected chi connectivity index (χ2v) is 6.25. The molecule has 6 nitrogen and oxygen atoms in total. The Morgan fingerprint density at radius 3 is 2.60 bits per heavy atom. The average Bonchev–Trinajstić information content (AvgIpc) is 3.25. The first kappa shape index (κ1) is 15.4. The number of anilines is 1. The van der Waals surface area contributed by atoms with Crippen LogP contribution in [-0.2, 0) is 12.8 Å². The number of rotatable bonds is 3. The van der Waals surface area contributed by atoms with E-state index in [2.05, 4.69) is 33.0 Å². The molecule has 0 saturated carbocycles. The first-order valence-corrected chi connectivity index (χ1v) is 8.20. The van der Waals surface area contributed by atoms with Crippen molar-refractivity contribution < 1.29 is 9.21 Å². The average molecular weight is 334 g/mol. The van der Waals surface area contributed by atoms with Crippen molar-refractivity contribution >= 4 is 11.7 Å². The monoisotopic (exact) mass is 334 g/mol. The topological polar surface area (TPSA) is 80.1 Å². The molecule has 2 N–H and O–H groups in total. The summed E-state index contributed by atoms with van der Waals surface area (Å²) in [4.78, 5) is 12.4. The maximum Gasteiger partial charge on any atom is 0.319 e. The standard InChI is InChI=1S/C19H18N4O2/c1-12-6-7-15(18-23-20-11-25-18)10-17(12)22-19(24)21-16-8-13-4-2-3-5-14(13)9-16/h2-7,10-11,16H,8-9H2,1H3,(H2,21,22,24). The van der Waals surface area contributed by atoms with Crippen LogP contribution < -0.4 is 10.6 Å². The molecule has 0 spiro atoms. The lowest BCUT2D eigenvalue weighted by atomic mass is 10.1. The second kappa shape index (κ2) is 6.39. The van der Waals surface area contributed by atoms with Crippen molar-refractivity contribution in [3.8, 4) is 11.5 Å². The number of aryl methyl sites for hydroxylation is 1. The molecule has 2 amide bonds. The molecule has 1 heterocycles. The van der Waals surface area contributed by atoms with Crippen LogP contribution in [0.15, 0.2) is 53.3 Å². The van der Waals surface area contributed by atoms with Gasteiger partial charge in [0.15, 0.2) is 0 Å². The summed E-state index contributed by atoms with van der Waals surface area (Å²) in [6.45, 7) is 1.94. The van der Waals surface area contributed by atoms with Crippen LogP contribution in [0.5, 0.6) is 0 Å². The van der Waals surface area contributed by atoms with Gasteiger partial charge < -0.3 is 15.1 Å². The first-order chi connectivity index (χ1) is 12.2. The molecule has 126 valence electrons. The Balaban J connectivity index is 1.44. The van der Waals surface area contributed by atoms with E-state index in [1.165, 1.54) is 17.5 Å². The van der Waals surface area contributed by atoms with Crippen LogP contribution in [0.3, 0.4) is 0 Å². The Kier molecular flexibility index (Phi) is 3.93. The molecule has 0 unspecified atom stereocenters. The quantitative estimate of drug-likeness (QED) is 0.770. The lowest BCUT2D eigenvalue weighted by Gasteiger charge is -2.14. The van der Waals surface area contributed by atoms with Crippen LogP contribution in [-0.4, -0.2) is 22.3 Å². The van der Waals surface area contributed by atoms with E-state index in [9.17, 15) is 4.79 Å². The van der Waals surface area contributed by atoms with Gasteiger partial charge in [-0.15, -0.1) is 10.2 Å². The van der Waals surface area contributed by atoms with Gasteiger partial charge in [-0.2, -0.15) is 0 Å². The fourth-order valence-corrected chi connectivity index (χ4v) is 3.19. The third kappa shape index (κ3) is 3.24. The minimum atomic E-state index is -0.205. The van der Waals surface area contributed by atoms with Crippen molar-refractivity contribution in [2.24, 2.45) is 0 Å². The van der Waals surface area contributed by atoms with Gasteiger partial charge in [-0.25, -0.2) is 4.79 Å². The third-order valence-corrected chi connectivity index (χ3v) is 4.48. The number of benzene rings is 2. The lowest BCUT2D eigenvalue weighted by molar-refractivity contribution is 0.249. The van der Waals surface area contributed by atoms with Gasteiger partial charge in [0.2, 0.25) is 12.3 Å². The lowest BCUT2D eigenvalue weighted by Crippen LogP contribution is -2.38. The van der Waals surface area contributed by atoms with E-state index in [-0.39, 0.29) is 12.1 Å². The molecule has 0 fully saturated rings. The van der Waals surface area contributed by atoms with E-state index in [0.29, 0.717) is 5.89 Å². The molecule has 1 aliphatic carbocycles. The van der Waals surface area contributed by atoms with Crippen LogP contribution >= 0.6 is 0 Å². The third-order valence-electron chi connectivity index (χ3n) is 4.48. The zero-order valence-corrected chi connectivity index (χ0v) is 13.8. The summed E-state index contributed by atoms with van der Waals surface area (Å²) in [5, 5.41) is 13.6. The maximum atomic E-state index is 12.4. The minimum absolute atomic E-state index is 0.122. The SMILES string of the molecule is Cc1ccc(-c2nnco2)cc1NC(=O)NC1Cc2ccccc2C1. The van der Waals surface area contributed by atoms with E-state index in [4.69, 9.17) is 4.42 Å². The van der Waals surface area contributed by atoms with Gasteiger partial charge in [-0.3, -0.25) is 0 Å². The molecule has 6 heteroatoms. The van der Waals surface area contributed by atoms with Crippen molar-refractivity contribution in [1.29, 1.82) is 0 Å². The molecule has 0 bridgehead atoms. The number of urea groups is 1. The van der Waals surface area contributed by atoms with Crippen molar-refractivity contribution in [1.82, 2.24) is 15.5 Å². The summed E-state index contributed by atoms with van der Waals surface area (Å²) in [5.74, 6) is 0.426. The zero-order chi connectivity index (χ0) is 17.2. The second-order valence-electron chi connectivity index (χ2n) is 6.25. The summed E-state index contributed by atoms with van der Waals surface area (Å²) in [7, 11) is 0. The van der Waals surface area contributed by atoms with Crippen LogP contribution in [0.2, 0.25) is 0 Å². The zero-order valence-electron chi connectivity index (χ0n) is 13.8. The summed E-state index contributed by atoms with van der Waals surface area (Å²) in [6.07, 6.45) is 3.02. The number of amides is 2. The van der Waals surface area contributed by atoms with E-state index in [0.717, 1.165) is 29.7 Å². The summed E-state index contributed by atoms with van der Waals surface area (Å²) < 4.78 is 5.21. The van der Waals surface area contributed by atoms with E-state index < -0.39 is 0 Å². The fourth-order valence-electron chi connectivity index (χ4n) is 3.19. The first-order valence-electron chi connectivity index (χ1n) is 8.20. The molecule has 1 aliphatic rings. The molecule has 2 aromatic carbocycles. The van der Waals surface area contributed by atoms with Gasteiger partial charge in [-0.05, 0) is 48.6 Å². The Bertz CT molecular complexity index is 881. The summed E-state index contributed by atoms with van der Waals surface area (Å²) >= 11 is 0. The minimum Gasteiger partial charge on any atom is -0.423 e. The van der Waals surface area contributed by atoms with Crippen LogP contribution in [0, 0.1) is 6.92 Å².